The average Bonchev–Trinajstić information content (AvgIpc) is 3.02. The molecule has 5 rings (SSSR count). The Hall–Kier alpha value is -3.33. The van der Waals surface area contributed by atoms with E-state index < -0.39 is 5.60 Å². The van der Waals surface area contributed by atoms with Crippen molar-refractivity contribution in [1.82, 2.24) is 14.9 Å². The average molecular weight is 480 g/mol. The van der Waals surface area contributed by atoms with Gasteiger partial charge in [-0.2, -0.15) is 0 Å². The Morgan fingerprint density at radius 3 is 2.74 bits per heavy atom. The summed E-state index contributed by atoms with van der Waals surface area (Å²) in [7, 11) is 0. The number of aromatic nitrogens is 2. The van der Waals surface area contributed by atoms with Gasteiger partial charge in [0.1, 0.15) is 35.9 Å². The second-order valence-electron chi connectivity index (χ2n) is 10.2. The second kappa shape index (κ2) is 9.37. The van der Waals surface area contributed by atoms with Crippen molar-refractivity contribution in [3.05, 3.63) is 41.7 Å². The number of rotatable bonds is 2. The SMILES string of the molecule is CC1CN(C(=O)OC(C)(C)C)CC=C1c1ccc2c(c1)Nc1ncnc(N3CCOCC3)c1CO2. The molecule has 1 atom stereocenters. The highest BCUT2D eigenvalue weighted by Crippen LogP contribution is 2.39. The van der Waals surface area contributed by atoms with Gasteiger partial charge < -0.3 is 29.3 Å². The largest absolute Gasteiger partial charge is 0.486 e. The zero-order valence-electron chi connectivity index (χ0n) is 20.8. The summed E-state index contributed by atoms with van der Waals surface area (Å²) in [4.78, 5) is 25.6. The van der Waals surface area contributed by atoms with Crippen molar-refractivity contribution in [3.8, 4) is 5.75 Å². The van der Waals surface area contributed by atoms with E-state index in [0.29, 0.717) is 32.9 Å². The van der Waals surface area contributed by atoms with Crippen molar-refractivity contribution < 1.29 is 19.0 Å². The summed E-state index contributed by atoms with van der Waals surface area (Å²) in [5.41, 5.74) is 3.62. The van der Waals surface area contributed by atoms with Crippen LogP contribution >= 0.6 is 0 Å². The minimum absolute atomic E-state index is 0.170. The van der Waals surface area contributed by atoms with Crippen LogP contribution in [0.3, 0.4) is 0 Å². The van der Waals surface area contributed by atoms with Crippen molar-refractivity contribution in [2.45, 2.75) is 39.9 Å². The Kier molecular flexibility index (Phi) is 6.27. The van der Waals surface area contributed by atoms with E-state index in [0.717, 1.165) is 47.3 Å². The van der Waals surface area contributed by atoms with Crippen LogP contribution < -0.4 is 15.0 Å². The molecule has 1 fully saturated rings. The van der Waals surface area contributed by atoms with E-state index in [-0.39, 0.29) is 12.0 Å². The molecule has 2 aromatic rings. The molecular formula is C26H33N5O4. The van der Waals surface area contributed by atoms with Crippen LogP contribution in [-0.2, 0) is 16.1 Å². The van der Waals surface area contributed by atoms with E-state index >= 15 is 0 Å². The van der Waals surface area contributed by atoms with Crippen LogP contribution in [0.4, 0.5) is 22.1 Å². The van der Waals surface area contributed by atoms with Gasteiger partial charge in [0, 0.05) is 26.2 Å². The molecule has 1 N–H and O–H groups in total. The second-order valence-corrected chi connectivity index (χ2v) is 10.2. The van der Waals surface area contributed by atoms with E-state index in [1.807, 2.05) is 26.8 Å². The number of nitrogens with one attached hydrogen (secondary N) is 1. The fourth-order valence-corrected chi connectivity index (χ4v) is 4.69. The van der Waals surface area contributed by atoms with E-state index in [2.05, 4.69) is 45.3 Å². The minimum Gasteiger partial charge on any atom is -0.486 e. The summed E-state index contributed by atoms with van der Waals surface area (Å²) in [5, 5.41) is 3.48. The number of morpholine rings is 1. The van der Waals surface area contributed by atoms with Crippen molar-refractivity contribution in [1.29, 1.82) is 0 Å². The van der Waals surface area contributed by atoms with Crippen LogP contribution in [0.2, 0.25) is 0 Å². The predicted molar refractivity (Wildman–Crippen MR) is 134 cm³/mol. The third kappa shape index (κ3) is 5.05. The van der Waals surface area contributed by atoms with Crippen LogP contribution in [0.25, 0.3) is 5.57 Å². The van der Waals surface area contributed by atoms with Crippen LogP contribution in [0.15, 0.2) is 30.6 Å². The van der Waals surface area contributed by atoms with Crippen LogP contribution in [0, 0.1) is 5.92 Å². The molecule has 186 valence electrons. The first-order chi connectivity index (χ1) is 16.8. The van der Waals surface area contributed by atoms with Gasteiger partial charge in [-0.1, -0.05) is 19.1 Å². The van der Waals surface area contributed by atoms with Gasteiger partial charge in [-0.25, -0.2) is 14.8 Å². The van der Waals surface area contributed by atoms with Gasteiger partial charge in [-0.05, 0) is 50.0 Å². The topological polar surface area (TPSA) is 89.0 Å². The van der Waals surface area contributed by atoms with Crippen molar-refractivity contribution in [2.24, 2.45) is 5.92 Å². The molecule has 1 amide bonds. The maximum absolute atomic E-state index is 12.5. The normalized spacial score (nSPS) is 20.0. The molecule has 1 aromatic heterocycles. The lowest BCUT2D eigenvalue weighted by atomic mass is 9.90. The molecule has 35 heavy (non-hydrogen) atoms. The molecule has 0 aliphatic carbocycles. The first-order valence-electron chi connectivity index (χ1n) is 12.2. The molecule has 0 spiro atoms. The number of fused-ring (bicyclic) bond motifs is 2. The summed E-state index contributed by atoms with van der Waals surface area (Å²) in [6.45, 7) is 12.3. The number of nitrogens with zero attached hydrogens (tertiary/aromatic N) is 4. The van der Waals surface area contributed by atoms with Crippen LogP contribution in [0.5, 0.6) is 5.75 Å². The number of carbonyl (C=O) groups excluding carboxylic acids is 1. The summed E-state index contributed by atoms with van der Waals surface area (Å²) < 4.78 is 17.2. The molecule has 9 nitrogen and oxygen atoms in total. The fourth-order valence-electron chi connectivity index (χ4n) is 4.69. The van der Waals surface area contributed by atoms with Crippen molar-refractivity contribution in [2.75, 3.05) is 49.6 Å². The summed E-state index contributed by atoms with van der Waals surface area (Å²) in [6, 6.07) is 6.18. The molecule has 1 unspecified atom stereocenters. The lowest BCUT2D eigenvalue weighted by Gasteiger charge is -2.33. The quantitative estimate of drug-likeness (QED) is 0.685. The Balaban J connectivity index is 1.37. The van der Waals surface area contributed by atoms with Crippen molar-refractivity contribution >= 4 is 29.0 Å². The van der Waals surface area contributed by atoms with Gasteiger partial charge in [0.2, 0.25) is 0 Å². The third-order valence-corrected chi connectivity index (χ3v) is 6.38. The highest BCUT2D eigenvalue weighted by molar-refractivity contribution is 5.78. The molecule has 0 radical (unpaired) electrons. The molecule has 3 aliphatic rings. The monoisotopic (exact) mass is 479 g/mol. The molecule has 1 aromatic carbocycles. The zero-order valence-corrected chi connectivity index (χ0v) is 20.8. The first-order valence-corrected chi connectivity index (χ1v) is 12.2. The lowest BCUT2D eigenvalue weighted by Crippen LogP contribution is -2.41. The van der Waals surface area contributed by atoms with E-state index in [4.69, 9.17) is 14.2 Å². The number of hydrogen-bond acceptors (Lipinski definition) is 8. The van der Waals surface area contributed by atoms with Gasteiger partial charge >= 0.3 is 6.09 Å². The van der Waals surface area contributed by atoms with Gasteiger partial charge in [-0.3, -0.25) is 0 Å². The van der Waals surface area contributed by atoms with Gasteiger partial charge in [0.05, 0.1) is 24.5 Å². The number of benzene rings is 1. The van der Waals surface area contributed by atoms with E-state index in [1.165, 1.54) is 5.57 Å². The molecule has 0 bridgehead atoms. The standard InChI is InChI=1S/C26H33N5O4/c1-17-14-31(25(32)35-26(2,3)4)8-7-19(17)18-5-6-22-21(13-18)29-23-20(15-34-22)24(28-16-27-23)30-9-11-33-12-10-30/h5-7,13,16-17H,8-12,14-15H2,1-4H3,(H,27,28,29). The maximum atomic E-state index is 12.5. The maximum Gasteiger partial charge on any atom is 0.410 e. The number of anilines is 3. The number of hydrogen-bond donors (Lipinski definition) is 1. The number of amides is 1. The van der Waals surface area contributed by atoms with Gasteiger partial charge in [0.15, 0.2) is 0 Å². The fraction of sp³-hybridized carbons (Fsp3) is 0.500. The molecule has 0 saturated carbocycles. The molecule has 9 heteroatoms. The minimum atomic E-state index is -0.505. The number of carbonyl (C=O) groups is 1. The van der Waals surface area contributed by atoms with Crippen LogP contribution in [-0.4, -0.2) is 66.0 Å². The highest BCUT2D eigenvalue weighted by atomic mass is 16.6. The molecule has 4 heterocycles. The first kappa shape index (κ1) is 23.4. The Morgan fingerprint density at radius 2 is 2.00 bits per heavy atom. The lowest BCUT2D eigenvalue weighted by molar-refractivity contribution is 0.0251. The molecule has 1 saturated heterocycles. The predicted octanol–water partition coefficient (Wildman–Crippen LogP) is 4.22. The summed E-state index contributed by atoms with van der Waals surface area (Å²) in [5.74, 6) is 2.60. The number of ether oxygens (including phenoxy) is 3. The highest BCUT2D eigenvalue weighted by Gasteiger charge is 2.28. The summed E-state index contributed by atoms with van der Waals surface area (Å²) >= 11 is 0. The van der Waals surface area contributed by atoms with Crippen molar-refractivity contribution in [3.63, 3.8) is 0 Å². The molecular weight excluding hydrogens is 446 g/mol. The molecule has 3 aliphatic heterocycles. The van der Waals surface area contributed by atoms with E-state index in [9.17, 15) is 4.79 Å². The Bertz CT molecular complexity index is 1140. The van der Waals surface area contributed by atoms with Gasteiger partial charge in [-0.15, -0.1) is 0 Å². The van der Waals surface area contributed by atoms with Crippen LogP contribution in [0.1, 0.15) is 38.8 Å². The van der Waals surface area contributed by atoms with Gasteiger partial charge in [0.25, 0.3) is 0 Å². The third-order valence-electron chi connectivity index (χ3n) is 6.38. The Morgan fingerprint density at radius 1 is 1.20 bits per heavy atom. The smallest absolute Gasteiger partial charge is 0.410 e. The zero-order chi connectivity index (χ0) is 24.6. The van der Waals surface area contributed by atoms with E-state index in [1.54, 1.807) is 11.2 Å². The Labute approximate surface area is 206 Å². The summed E-state index contributed by atoms with van der Waals surface area (Å²) in [6.07, 6.45) is 3.44.